The Morgan fingerprint density at radius 2 is 1.58 bits per heavy atom. The van der Waals surface area contributed by atoms with Gasteiger partial charge < -0.3 is 15.0 Å². The number of sulfonamides is 1. The summed E-state index contributed by atoms with van der Waals surface area (Å²) in [4.78, 5) is 30.0. The quantitative estimate of drug-likeness (QED) is 0.141. The Morgan fingerprint density at radius 3 is 2.17 bits per heavy atom. The van der Waals surface area contributed by atoms with E-state index in [2.05, 4.69) is 21.2 Å². The molecule has 0 aliphatic heterocycles. The standard InChI is InChI=1S/C36H38BrCl2N3O5S/c1-5-25(3)40-36(44)33(20-26-10-7-6-8-11-26)41(22-29-31(38)12-9-13-32(29)39)35(43)23-42(27-16-14-24(2)15-17-27)48(45,46)28-18-19-34(47-4)30(37)21-28/h6-19,21,25,33H,5,20,22-23H2,1-4H3,(H,40,44)/t25-,33-/m1/s1. The van der Waals surface area contributed by atoms with Gasteiger partial charge in [-0.15, -0.1) is 0 Å². The molecule has 0 fully saturated rings. The van der Waals surface area contributed by atoms with Crippen LogP contribution < -0.4 is 14.4 Å². The lowest BCUT2D eigenvalue weighted by Gasteiger charge is -2.34. The highest BCUT2D eigenvalue weighted by molar-refractivity contribution is 9.10. The molecule has 1 N–H and O–H groups in total. The molecule has 0 bridgehead atoms. The normalized spacial score (nSPS) is 12.6. The number of hydrogen-bond donors (Lipinski definition) is 1. The van der Waals surface area contributed by atoms with Crippen molar-refractivity contribution in [3.8, 4) is 5.75 Å². The zero-order chi connectivity index (χ0) is 35.0. The molecule has 12 heteroatoms. The van der Waals surface area contributed by atoms with Crippen molar-refractivity contribution in [3.05, 3.63) is 122 Å². The van der Waals surface area contributed by atoms with E-state index in [0.717, 1.165) is 15.4 Å². The van der Waals surface area contributed by atoms with Gasteiger partial charge in [0.15, 0.2) is 0 Å². The van der Waals surface area contributed by atoms with Crippen LogP contribution in [0.4, 0.5) is 5.69 Å². The molecule has 0 saturated carbocycles. The number of anilines is 1. The fourth-order valence-electron chi connectivity index (χ4n) is 5.02. The number of nitrogens with zero attached hydrogens (tertiary/aromatic N) is 2. The zero-order valence-electron chi connectivity index (χ0n) is 27.1. The van der Waals surface area contributed by atoms with E-state index in [9.17, 15) is 18.0 Å². The summed E-state index contributed by atoms with van der Waals surface area (Å²) < 4.78 is 35.5. The van der Waals surface area contributed by atoms with Crippen LogP contribution in [0.1, 0.15) is 37.0 Å². The van der Waals surface area contributed by atoms with Crippen LogP contribution in [-0.2, 0) is 32.6 Å². The van der Waals surface area contributed by atoms with Gasteiger partial charge in [0.1, 0.15) is 18.3 Å². The molecule has 0 heterocycles. The summed E-state index contributed by atoms with van der Waals surface area (Å²) in [6.45, 7) is 4.96. The number of benzene rings is 4. The molecule has 0 radical (unpaired) electrons. The number of rotatable bonds is 14. The second-order valence-corrected chi connectivity index (χ2v) is 14.9. The average molecular weight is 776 g/mol. The first-order chi connectivity index (χ1) is 22.8. The SMILES string of the molecule is CC[C@@H](C)NC(=O)[C@@H](Cc1ccccc1)N(Cc1c(Cl)cccc1Cl)C(=O)CN(c1ccc(C)cc1)S(=O)(=O)c1ccc(OC)c(Br)c1. The number of methoxy groups -OCH3 is 1. The van der Waals surface area contributed by atoms with E-state index < -0.39 is 28.5 Å². The molecule has 0 aromatic heterocycles. The van der Waals surface area contributed by atoms with E-state index in [1.807, 2.05) is 51.1 Å². The van der Waals surface area contributed by atoms with Crippen molar-refractivity contribution in [2.24, 2.45) is 0 Å². The van der Waals surface area contributed by atoms with Crippen molar-refractivity contribution in [1.82, 2.24) is 10.2 Å². The molecule has 254 valence electrons. The molecule has 4 aromatic carbocycles. The van der Waals surface area contributed by atoms with Gasteiger partial charge in [-0.3, -0.25) is 13.9 Å². The first-order valence-electron chi connectivity index (χ1n) is 15.3. The lowest BCUT2D eigenvalue weighted by Crippen LogP contribution is -2.54. The summed E-state index contributed by atoms with van der Waals surface area (Å²) in [7, 11) is -2.83. The Balaban J connectivity index is 1.85. The van der Waals surface area contributed by atoms with Crippen LogP contribution in [0.2, 0.25) is 10.0 Å². The smallest absolute Gasteiger partial charge is 0.264 e. The van der Waals surface area contributed by atoms with Crippen LogP contribution in [0, 0.1) is 6.92 Å². The predicted molar refractivity (Wildman–Crippen MR) is 195 cm³/mol. The van der Waals surface area contributed by atoms with E-state index in [0.29, 0.717) is 32.3 Å². The number of carbonyl (C=O) groups excluding carboxylic acids is 2. The number of ether oxygens (including phenoxy) is 1. The summed E-state index contributed by atoms with van der Waals surface area (Å²) in [5, 5.41) is 3.64. The molecular weight excluding hydrogens is 737 g/mol. The van der Waals surface area contributed by atoms with Crippen LogP contribution in [0.25, 0.3) is 0 Å². The minimum absolute atomic E-state index is 0.0559. The molecule has 0 unspecified atom stereocenters. The molecule has 2 amide bonds. The minimum Gasteiger partial charge on any atom is -0.496 e. The van der Waals surface area contributed by atoms with Crippen LogP contribution >= 0.6 is 39.1 Å². The highest BCUT2D eigenvalue weighted by Crippen LogP contribution is 2.32. The first kappa shape index (κ1) is 37.3. The topological polar surface area (TPSA) is 96.0 Å². The fourth-order valence-corrected chi connectivity index (χ4v) is 7.67. The largest absolute Gasteiger partial charge is 0.496 e. The van der Waals surface area contributed by atoms with Gasteiger partial charge in [-0.05, 0) is 84.2 Å². The van der Waals surface area contributed by atoms with Gasteiger partial charge in [0.2, 0.25) is 11.8 Å². The number of nitrogens with one attached hydrogen (secondary N) is 1. The molecule has 0 aliphatic carbocycles. The van der Waals surface area contributed by atoms with Crippen molar-refractivity contribution in [2.75, 3.05) is 18.0 Å². The third-order valence-electron chi connectivity index (χ3n) is 7.97. The van der Waals surface area contributed by atoms with Gasteiger partial charge in [-0.2, -0.15) is 0 Å². The number of amides is 2. The first-order valence-corrected chi connectivity index (χ1v) is 18.3. The molecular formula is C36H38BrCl2N3O5S. The molecule has 0 spiro atoms. The molecule has 48 heavy (non-hydrogen) atoms. The maximum Gasteiger partial charge on any atom is 0.264 e. The Morgan fingerprint density at radius 1 is 0.938 bits per heavy atom. The summed E-state index contributed by atoms with van der Waals surface area (Å²) >= 11 is 16.6. The van der Waals surface area contributed by atoms with Crippen LogP contribution in [0.3, 0.4) is 0 Å². The van der Waals surface area contributed by atoms with Crippen molar-refractivity contribution < 1.29 is 22.7 Å². The second kappa shape index (κ2) is 16.7. The van der Waals surface area contributed by atoms with Crippen molar-refractivity contribution in [3.63, 3.8) is 0 Å². The third kappa shape index (κ3) is 9.11. The lowest BCUT2D eigenvalue weighted by molar-refractivity contribution is -0.140. The van der Waals surface area contributed by atoms with Crippen molar-refractivity contribution in [1.29, 1.82) is 0 Å². The summed E-state index contributed by atoms with van der Waals surface area (Å²) in [5.74, 6) is -0.553. The van der Waals surface area contributed by atoms with Crippen LogP contribution in [0.5, 0.6) is 5.75 Å². The Labute approximate surface area is 301 Å². The number of aryl methyl sites for hydroxylation is 1. The molecule has 0 aliphatic rings. The zero-order valence-corrected chi connectivity index (χ0v) is 31.0. The number of carbonyl (C=O) groups is 2. The van der Waals surface area contributed by atoms with Crippen molar-refractivity contribution in [2.45, 2.75) is 57.1 Å². The highest BCUT2D eigenvalue weighted by atomic mass is 79.9. The van der Waals surface area contributed by atoms with Gasteiger partial charge in [0.25, 0.3) is 10.0 Å². The highest BCUT2D eigenvalue weighted by Gasteiger charge is 2.35. The second-order valence-electron chi connectivity index (χ2n) is 11.4. The van der Waals surface area contributed by atoms with Gasteiger partial charge in [-0.1, -0.05) is 84.2 Å². The Hall–Kier alpha value is -3.57. The maximum absolute atomic E-state index is 14.7. The van der Waals surface area contributed by atoms with E-state index in [1.54, 1.807) is 42.5 Å². The maximum atomic E-state index is 14.7. The predicted octanol–water partition coefficient (Wildman–Crippen LogP) is 7.82. The monoisotopic (exact) mass is 773 g/mol. The summed E-state index contributed by atoms with van der Waals surface area (Å²) in [6, 6.07) is 24.3. The van der Waals surface area contributed by atoms with Gasteiger partial charge >= 0.3 is 0 Å². The van der Waals surface area contributed by atoms with E-state index in [-0.39, 0.29) is 35.5 Å². The lowest BCUT2D eigenvalue weighted by atomic mass is 10.0. The molecule has 2 atom stereocenters. The summed E-state index contributed by atoms with van der Waals surface area (Å²) in [6.07, 6.45) is 0.838. The molecule has 4 rings (SSSR count). The molecule has 4 aromatic rings. The van der Waals surface area contributed by atoms with E-state index in [1.165, 1.54) is 30.2 Å². The van der Waals surface area contributed by atoms with Crippen LogP contribution in [0.15, 0.2) is 100 Å². The van der Waals surface area contributed by atoms with Crippen molar-refractivity contribution >= 4 is 66.7 Å². The average Bonchev–Trinajstić information content (AvgIpc) is 3.07. The van der Waals surface area contributed by atoms with E-state index >= 15 is 0 Å². The minimum atomic E-state index is -4.31. The molecule has 0 saturated heterocycles. The van der Waals surface area contributed by atoms with E-state index in [4.69, 9.17) is 27.9 Å². The Kier molecular flexibility index (Phi) is 13.0. The number of hydrogen-bond acceptors (Lipinski definition) is 5. The molecule has 8 nitrogen and oxygen atoms in total. The third-order valence-corrected chi connectivity index (χ3v) is 11.1. The van der Waals surface area contributed by atoms with Gasteiger partial charge in [0, 0.05) is 34.6 Å². The van der Waals surface area contributed by atoms with Crippen LogP contribution in [-0.4, -0.2) is 50.9 Å². The van der Waals surface area contributed by atoms with Gasteiger partial charge in [-0.25, -0.2) is 8.42 Å². The number of halogens is 3. The summed E-state index contributed by atoms with van der Waals surface area (Å²) in [5.41, 5.74) is 2.44. The fraction of sp³-hybridized carbons (Fsp3) is 0.278. The Bertz CT molecular complexity index is 1820. The van der Waals surface area contributed by atoms with Gasteiger partial charge in [0.05, 0.1) is 22.2 Å².